The van der Waals surface area contributed by atoms with E-state index in [0.29, 0.717) is 25.1 Å². The van der Waals surface area contributed by atoms with Gasteiger partial charge in [0.2, 0.25) is 12.7 Å². The molecule has 7 heteroatoms. The Hall–Kier alpha value is -4.36. The van der Waals surface area contributed by atoms with Gasteiger partial charge in [-0.1, -0.05) is 72.8 Å². The van der Waals surface area contributed by atoms with Gasteiger partial charge in [-0.05, 0) is 52.9 Å². The second kappa shape index (κ2) is 13.1. The lowest BCUT2D eigenvalue weighted by Gasteiger charge is -2.28. The van der Waals surface area contributed by atoms with Crippen molar-refractivity contribution in [3.8, 4) is 17.2 Å². The van der Waals surface area contributed by atoms with Crippen molar-refractivity contribution in [2.24, 2.45) is 5.73 Å². The first kappa shape index (κ1) is 27.2. The molecule has 0 spiro atoms. The fraction of sp³-hybridized carbons (Fsp3) is 0.242. The molecule has 0 saturated heterocycles. The maximum Gasteiger partial charge on any atom is 0.231 e. The van der Waals surface area contributed by atoms with Gasteiger partial charge in [0.1, 0.15) is 0 Å². The Kier molecular flexibility index (Phi) is 8.93. The van der Waals surface area contributed by atoms with Crippen LogP contribution in [0.25, 0.3) is 0 Å². The predicted molar refractivity (Wildman–Crippen MR) is 152 cm³/mol. The molecule has 0 atom stereocenters. The highest BCUT2D eigenvalue weighted by Gasteiger charge is 2.20. The number of ether oxygens (including phenoxy) is 3. The van der Waals surface area contributed by atoms with E-state index in [1.54, 1.807) is 12.1 Å². The third-order valence-corrected chi connectivity index (χ3v) is 6.94. The van der Waals surface area contributed by atoms with E-state index < -0.39 is 11.7 Å². The highest BCUT2D eigenvalue weighted by atomic mass is 19.1. The molecule has 4 aromatic rings. The summed E-state index contributed by atoms with van der Waals surface area (Å²) in [6, 6.07) is 31.6. The number of carbonyl (C=O) groups excluding carboxylic acids is 1. The minimum absolute atomic E-state index is 0.00395. The van der Waals surface area contributed by atoms with Crippen molar-refractivity contribution in [2.75, 3.05) is 26.5 Å². The molecule has 1 amide bonds. The van der Waals surface area contributed by atoms with Crippen molar-refractivity contribution in [2.45, 2.75) is 25.3 Å². The van der Waals surface area contributed by atoms with Gasteiger partial charge in [0.15, 0.2) is 23.1 Å². The van der Waals surface area contributed by atoms with Crippen LogP contribution in [0.15, 0.2) is 97.1 Å². The Bertz CT molecular complexity index is 1380. The van der Waals surface area contributed by atoms with Gasteiger partial charge in [-0.25, -0.2) is 4.39 Å². The summed E-state index contributed by atoms with van der Waals surface area (Å²) in [4.78, 5) is 13.5. The van der Waals surface area contributed by atoms with Crippen LogP contribution in [-0.2, 0) is 17.8 Å². The number of benzene rings is 4. The highest BCUT2D eigenvalue weighted by Crippen LogP contribution is 2.33. The molecule has 0 fully saturated rings. The number of nitrogens with zero attached hydrogens (tertiary/aromatic N) is 1. The summed E-state index contributed by atoms with van der Waals surface area (Å²) >= 11 is 0. The van der Waals surface area contributed by atoms with Crippen molar-refractivity contribution in [1.29, 1.82) is 0 Å². The van der Waals surface area contributed by atoms with Crippen molar-refractivity contribution in [3.05, 3.63) is 125 Å². The van der Waals surface area contributed by atoms with Crippen LogP contribution in [-0.4, -0.2) is 37.3 Å². The second-order valence-electron chi connectivity index (χ2n) is 9.91. The molecule has 1 heterocycles. The first-order valence-electron chi connectivity index (χ1n) is 13.5. The summed E-state index contributed by atoms with van der Waals surface area (Å²) in [5.41, 5.74) is 9.37. The van der Waals surface area contributed by atoms with Crippen LogP contribution in [0.3, 0.4) is 0 Å². The van der Waals surface area contributed by atoms with Crippen LogP contribution >= 0.6 is 0 Å². The lowest BCUT2D eigenvalue weighted by atomic mass is 9.90. The number of amides is 1. The smallest absolute Gasteiger partial charge is 0.231 e. The van der Waals surface area contributed by atoms with E-state index in [2.05, 4.69) is 59.5 Å². The van der Waals surface area contributed by atoms with Gasteiger partial charge in [-0.3, -0.25) is 9.69 Å². The molecular weight excluding hydrogens is 507 g/mol. The van der Waals surface area contributed by atoms with Crippen LogP contribution in [0.1, 0.15) is 34.6 Å². The van der Waals surface area contributed by atoms with E-state index >= 15 is 0 Å². The normalized spacial score (nSPS) is 12.2. The van der Waals surface area contributed by atoms with E-state index in [1.807, 2.05) is 24.3 Å². The summed E-state index contributed by atoms with van der Waals surface area (Å²) < 4.78 is 31.4. The molecular formula is C33H33FN2O4. The number of primary amides is 1. The molecule has 6 nitrogen and oxygen atoms in total. The molecule has 0 bridgehead atoms. The predicted octanol–water partition coefficient (Wildman–Crippen LogP) is 5.69. The van der Waals surface area contributed by atoms with Crippen LogP contribution in [0.2, 0.25) is 0 Å². The first-order valence-corrected chi connectivity index (χ1v) is 13.5. The maximum absolute atomic E-state index is 14.5. The number of fused-ring (bicyclic) bond motifs is 1. The SMILES string of the molecule is NC(=O)Cc1ccc(OCCCN(Cc2ccc3c(c2)OCO3)CC(c2ccccc2)c2ccccc2)c(F)c1. The minimum atomic E-state index is -0.500. The van der Waals surface area contributed by atoms with E-state index in [0.717, 1.165) is 30.2 Å². The van der Waals surface area contributed by atoms with Gasteiger partial charge in [0, 0.05) is 25.6 Å². The molecule has 0 aliphatic carbocycles. The molecule has 1 aliphatic rings. The topological polar surface area (TPSA) is 74.0 Å². The van der Waals surface area contributed by atoms with Gasteiger partial charge in [-0.15, -0.1) is 0 Å². The number of hydrogen-bond acceptors (Lipinski definition) is 5. The Morgan fingerprint density at radius 3 is 2.23 bits per heavy atom. The van der Waals surface area contributed by atoms with E-state index in [4.69, 9.17) is 19.9 Å². The molecule has 0 aromatic heterocycles. The number of rotatable bonds is 13. The van der Waals surface area contributed by atoms with Crippen molar-refractivity contribution in [1.82, 2.24) is 4.90 Å². The van der Waals surface area contributed by atoms with Gasteiger partial charge in [0.05, 0.1) is 13.0 Å². The third-order valence-electron chi connectivity index (χ3n) is 6.94. The number of hydrogen-bond donors (Lipinski definition) is 1. The van der Waals surface area contributed by atoms with Crippen LogP contribution in [0.4, 0.5) is 4.39 Å². The zero-order valence-electron chi connectivity index (χ0n) is 22.3. The molecule has 4 aromatic carbocycles. The summed E-state index contributed by atoms with van der Waals surface area (Å²) in [5.74, 6) is 0.872. The highest BCUT2D eigenvalue weighted by molar-refractivity contribution is 5.76. The average Bonchev–Trinajstić information content (AvgIpc) is 3.43. The van der Waals surface area contributed by atoms with Crippen LogP contribution in [0.5, 0.6) is 17.2 Å². The van der Waals surface area contributed by atoms with Crippen molar-refractivity contribution < 1.29 is 23.4 Å². The van der Waals surface area contributed by atoms with E-state index in [-0.39, 0.29) is 24.9 Å². The lowest BCUT2D eigenvalue weighted by molar-refractivity contribution is -0.117. The summed E-state index contributed by atoms with van der Waals surface area (Å²) in [6.45, 7) is 2.84. The van der Waals surface area contributed by atoms with Gasteiger partial charge in [0.25, 0.3) is 0 Å². The number of nitrogens with two attached hydrogens (primary N) is 1. The quantitative estimate of drug-likeness (QED) is 0.221. The maximum atomic E-state index is 14.5. The van der Waals surface area contributed by atoms with Crippen LogP contribution < -0.4 is 19.9 Å². The minimum Gasteiger partial charge on any atom is -0.490 e. The molecule has 2 N–H and O–H groups in total. The molecule has 0 saturated carbocycles. The summed E-state index contributed by atoms with van der Waals surface area (Å²) in [5, 5.41) is 0. The first-order chi connectivity index (χ1) is 19.5. The third kappa shape index (κ3) is 7.18. The Morgan fingerprint density at radius 2 is 1.55 bits per heavy atom. The molecule has 206 valence electrons. The zero-order chi connectivity index (χ0) is 27.7. The van der Waals surface area contributed by atoms with Crippen LogP contribution in [0, 0.1) is 5.82 Å². The van der Waals surface area contributed by atoms with Gasteiger partial charge in [-0.2, -0.15) is 0 Å². The van der Waals surface area contributed by atoms with E-state index in [9.17, 15) is 9.18 Å². The number of halogens is 1. The fourth-order valence-electron chi connectivity index (χ4n) is 5.01. The largest absolute Gasteiger partial charge is 0.490 e. The average molecular weight is 541 g/mol. The van der Waals surface area contributed by atoms with Crippen molar-refractivity contribution in [3.63, 3.8) is 0 Å². The molecule has 5 rings (SSSR count). The molecule has 0 unspecified atom stereocenters. The van der Waals surface area contributed by atoms with Crippen molar-refractivity contribution >= 4 is 5.91 Å². The molecule has 0 radical (unpaired) electrons. The second-order valence-corrected chi connectivity index (χ2v) is 9.91. The summed E-state index contributed by atoms with van der Waals surface area (Å²) in [7, 11) is 0. The molecule has 1 aliphatic heterocycles. The standard InChI is InChI=1S/C33H33FN2O4/c34-29-18-24(20-33(35)37)12-14-30(29)38-17-7-16-36(21-25-13-15-31-32(19-25)40-23-39-31)22-28(26-8-3-1-4-9-26)27-10-5-2-6-11-27/h1-6,8-15,18-19,28H,7,16-17,20-23H2,(H2,35,37). The molecule has 40 heavy (non-hydrogen) atoms. The summed E-state index contributed by atoms with van der Waals surface area (Å²) in [6.07, 6.45) is 0.694. The number of carbonyl (C=O) groups is 1. The fourth-order valence-corrected chi connectivity index (χ4v) is 5.01. The van der Waals surface area contributed by atoms with Gasteiger partial charge < -0.3 is 19.9 Å². The Labute approximate surface area is 234 Å². The Balaban J connectivity index is 1.30. The van der Waals surface area contributed by atoms with Gasteiger partial charge >= 0.3 is 0 Å². The lowest BCUT2D eigenvalue weighted by Crippen LogP contribution is -2.30. The zero-order valence-corrected chi connectivity index (χ0v) is 22.3. The monoisotopic (exact) mass is 540 g/mol. The van der Waals surface area contributed by atoms with E-state index in [1.165, 1.54) is 17.2 Å². The Morgan fingerprint density at radius 1 is 0.875 bits per heavy atom.